The van der Waals surface area contributed by atoms with Gasteiger partial charge in [0.15, 0.2) is 0 Å². The number of carbonyl (C=O) groups excluding carboxylic acids is 2. The van der Waals surface area contributed by atoms with Gasteiger partial charge in [-0.05, 0) is 36.2 Å². The maximum absolute atomic E-state index is 10.4. The second kappa shape index (κ2) is 5.10. The molecule has 0 fully saturated rings. The number of hydrogen-bond acceptors (Lipinski definition) is 2. The first-order chi connectivity index (χ1) is 5.04. The van der Waals surface area contributed by atoms with E-state index in [4.69, 9.17) is 23.2 Å². The number of allylic oxidation sites excluding steroid dienone is 4. The van der Waals surface area contributed by atoms with Gasteiger partial charge in [-0.3, -0.25) is 9.59 Å². The Hall–Kier alpha value is -0.600. The highest BCUT2D eigenvalue weighted by Crippen LogP contribution is 1.98. The van der Waals surface area contributed by atoms with Gasteiger partial charge < -0.3 is 0 Å². The summed E-state index contributed by atoms with van der Waals surface area (Å²) in [5.41, 5.74) is 0.362. The van der Waals surface area contributed by atoms with Gasteiger partial charge in [-0.1, -0.05) is 12.2 Å². The maximum Gasteiger partial charge on any atom is 0.248 e. The Morgan fingerprint density at radius 3 is 2.18 bits per heavy atom. The van der Waals surface area contributed by atoms with Crippen LogP contribution in [0.4, 0.5) is 0 Å². The Kier molecular flexibility index (Phi) is 4.83. The third-order valence-corrected chi connectivity index (χ3v) is 1.31. The molecule has 4 heteroatoms. The molecule has 0 aliphatic rings. The molecule has 0 unspecified atom stereocenters. The van der Waals surface area contributed by atoms with E-state index < -0.39 is 10.5 Å². The lowest BCUT2D eigenvalue weighted by atomic mass is 10.3. The third kappa shape index (κ3) is 5.83. The summed E-state index contributed by atoms with van der Waals surface area (Å²) in [6, 6.07) is 0. The minimum Gasteiger partial charge on any atom is -0.276 e. The third-order valence-electron chi connectivity index (χ3n) is 0.884. The van der Waals surface area contributed by atoms with Crippen LogP contribution in [0.2, 0.25) is 0 Å². The smallest absolute Gasteiger partial charge is 0.248 e. The van der Waals surface area contributed by atoms with E-state index in [-0.39, 0.29) is 0 Å². The van der Waals surface area contributed by atoms with E-state index in [9.17, 15) is 9.59 Å². The molecule has 0 aliphatic carbocycles. The van der Waals surface area contributed by atoms with Gasteiger partial charge in [0.25, 0.3) is 0 Å². The van der Waals surface area contributed by atoms with Crippen LogP contribution in [-0.2, 0) is 9.59 Å². The summed E-state index contributed by atoms with van der Waals surface area (Å²) in [4.78, 5) is 20.5. The normalized spacial score (nSPS) is 12.1. The molecule has 0 aromatic carbocycles. The molecule has 0 heterocycles. The first-order valence-corrected chi connectivity index (χ1v) is 3.54. The van der Waals surface area contributed by atoms with Crippen LogP contribution in [-0.4, -0.2) is 10.5 Å². The van der Waals surface area contributed by atoms with Crippen molar-refractivity contribution in [2.45, 2.75) is 6.92 Å². The largest absolute Gasteiger partial charge is 0.276 e. The average molecular weight is 193 g/mol. The van der Waals surface area contributed by atoms with Crippen molar-refractivity contribution >= 4 is 33.7 Å². The highest BCUT2D eigenvalue weighted by Gasteiger charge is 1.94. The molecule has 0 rings (SSSR count). The lowest BCUT2D eigenvalue weighted by molar-refractivity contribution is -0.109. The zero-order valence-electron chi connectivity index (χ0n) is 5.80. The number of carbonyl (C=O) groups is 2. The molecule has 0 amide bonds. The predicted octanol–water partition coefficient (Wildman–Crippen LogP) is 2.02. The van der Waals surface area contributed by atoms with Crippen LogP contribution in [0.25, 0.3) is 0 Å². The molecule has 0 aromatic heterocycles. The van der Waals surface area contributed by atoms with Crippen molar-refractivity contribution in [2.75, 3.05) is 0 Å². The summed E-state index contributed by atoms with van der Waals surface area (Å²) in [6.45, 7) is 1.54. The molecule has 0 aliphatic heterocycles. The summed E-state index contributed by atoms with van der Waals surface area (Å²) in [6.07, 6.45) is 3.91. The zero-order chi connectivity index (χ0) is 8.85. The fourth-order valence-electron chi connectivity index (χ4n) is 0.334. The molecule has 0 N–H and O–H groups in total. The molecule has 0 saturated carbocycles. The van der Waals surface area contributed by atoms with Crippen LogP contribution >= 0.6 is 23.2 Å². The highest BCUT2D eigenvalue weighted by atomic mass is 35.5. The van der Waals surface area contributed by atoms with Gasteiger partial charge in [-0.15, -0.1) is 0 Å². The molecule has 0 saturated heterocycles. The van der Waals surface area contributed by atoms with Gasteiger partial charge in [0.2, 0.25) is 10.5 Å². The summed E-state index contributed by atoms with van der Waals surface area (Å²) in [7, 11) is 0. The summed E-state index contributed by atoms with van der Waals surface area (Å²) in [5.74, 6) is 0. The number of hydrogen-bond donors (Lipinski definition) is 0. The lowest BCUT2D eigenvalue weighted by Crippen LogP contribution is -1.85. The van der Waals surface area contributed by atoms with E-state index in [2.05, 4.69) is 0 Å². The topological polar surface area (TPSA) is 34.1 Å². The van der Waals surface area contributed by atoms with Gasteiger partial charge in [-0.25, -0.2) is 0 Å². The predicted molar refractivity (Wildman–Crippen MR) is 44.6 cm³/mol. The SMILES string of the molecule is C/C(=C\C=C\C(=O)Cl)C(=O)Cl. The van der Waals surface area contributed by atoms with Crippen molar-refractivity contribution in [3.8, 4) is 0 Å². The van der Waals surface area contributed by atoms with Crippen LogP contribution in [0, 0.1) is 0 Å². The minimum atomic E-state index is -0.587. The van der Waals surface area contributed by atoms with Gasteiger partial charge in [0.05, 0.1) is 0 Å². The second-order valence-corrected chi connectivity index (χ2v) is 2.50. The zero-order valence-corrected chi connectivity index (χ0v) is 7.32. The van der Waals surface area contributed by atoms with E-state index >= 15 is 0 Å². The van der Waals surface area contributed by atoms with Crippen molar-refractivity contribution < 1.29 is 9.59 Å². The first-order valence-electron chi connectivity index (χ1n) is 2.78. The maximum atomic E-state index is 10.4. The number of rotatable bonds is 3. The standard InChI is InChI=1S/C7H6Cl2O2/c1-5(7(9)11)3-2-4-6(8)10/h2-4H,1H3/b4-2+,5-3+. The summed E-state index contributed by atoms with van der Waals surface area (Å²) >= 11 is 10.1. The van der Waals surface area contributed by atoms with Crippen molar-refractivity contribution in [1.29, 1.82) is 0 Å². The van der Waals surface area contributed by atoms with Gasteiger partial charge >= 0.3 is 0 Å². The quantitative estimate of drug-likeness (QED) is 0.390. The molecule has 0 spiro atoms. The highest BCUT2D eigenvalue weighted by molar-refractivity contribution is 6.67. The molecule has 0 atom stereocenters. The fourth-order valence-corrected chi connectivity index (χ4v) is 0.469. The molecule has 0 bridgehead atoms. The Bertz CT molecular complexity index is 229. The van der Waals surface area contributed by atoms with E-state index in [1.165, 1.54) is 12.2 Å². The Balaban J connectivity index is 4.13. The Morgan fingerprint density at radius 2 is 1.82 bits per heavy atom. The fraction of sp³-hybridized carbons (Fsp3) is 0.143. The molecule has 60 valence electrons. The second-order valence-electron chi connectivity index (χ2n) is 1.79. The van der Waals surface area contributed by atoms with E-state index in [0.29, 0.717) is 5.57 Å². The van der Waals surface area contributed by atoms with Crippen molar-refractivity contribution in [3.05, 3.63) is 23.8 Å². The van der Waals surface area contributed by atoms with Crippen molar-refractivity contribution in [1.82, 2.24) is 0 Å². The molecule has 0 aromatic rings. The van der Waals surface area contributed by atoms with E-state index in [1.54, 1.807) is 6.92 Å². The average Bonchev–Trinajstić information content (AvgIpc) is 1.86. The lowest BCUT2D eigenvalue weighted by Gasteiger charge is -1.85. The number of halogens is 2. The Morgan fingerprint density at radius 1 is 1.27 bits per heavy atom. The van der Waals surface area contributed by atoms with Gasteiger partial charge in [0, 0.05) is 5.57 Å². The molecule has 0 radical (unpaired) electrons. The van der Waals surface area contributed by atoms with Crippen molar-refractivity contribution in [3.63, 3.8) is 0 Å². The van der Waals surface area contributed by atoms with Crippen LogP contribution in [0.3, 0.4) is 0 Å². The van der Waals surface area contributed by atoms with Crippen LogP contribution < -0.4 is 0 Å². The van der Waals surface area contributed by atoms with E-state index in [0.717, 1.165) is 6.08 Å². The summed E-state index contributed by atoms with van der Waals surface area (Å²) in [5, 5.41) is -1.13. The van der Waals surface area contributed by atoms with Crippen LogP contribution in [0.5, 0.6) is 0 Å². The minimum absolute atomic E-state index is 0.362. The Labute approximate surface area is 74.5 Å². The van der Waals surface area contributed by atoms with Gasteiger partial charge in [-0.2, -0.15) is 0 Å². The monoisotopic (exact) mass is 192 g/mol. The van der Waals surface area contributed by atoms with Crippen LogP contribution in [0.1, 0.15) is 6.92 Å². The first kappa shape index (κ1) is 10.4. The molecular formula is C7H6Cl2O2. The molecular weight excluding hydrogens is 187 g/mol. The van der Waals surface area contributed by atoms with Gasteiger partial charge in [0.1, 0.15) is 0 Å². The molecule has 11 heavy (non-hydrogen) atoms. The summed E-state index contributed by atoms with van der Waals surface area (Å²) < 4.78 is 0. The van der Waals surface area contributed by atoms with Crippen molar-refractivity contribution in [2.24, 2.45) is 0 Å². The molecule has 2 nitrogen and oxygen atoms in total. The van der Waals surface area contributed by atoms with E-state index in [1.807, 2.05) is 0 Å². The van der Waals surface area contributed by atoms with Crippen LogP contribution in [0.15, 0.2) is 23.8 Å².